The fourth-order valence-electron chi connectivity index (χ4n) is 4.76. The Morgan fingerprint density at radius 3 is 2.65 bits per heavy atom. The number of carbonyl (C=O) groups is 2. The summed E-state index contributed by atoms with van der Waals surface area (Å²) < 4.78 is 10.9. The highest BCUT2D eigenvalue weighted by atomic mass is 35.5. The first-order valence-electron chi connectivity index (χ1n) is 12.5. The van der Waals surface area contributed by atoms with Crippen molar-refractivity contribution in [3.8, 4) is 22.9 Å². The van der Waals surface area contributed by atoms with Crippen LogP contribution in [0.2, 0.25) is 5.02 Å². The number of benzene rings is 2. The van der Waals surface area contributed by atoms with Gasteiger partial charge < -0.3 is 19.7 Å². The van der Waals surface area contributed by atoms with Crippen LogP contribution in [-0.2, 0) is 22.7 Å². The Morgan fingerprint density at radius 1 is 1.14 bits per heavy atom. The summed E-state index contributed by atoms with van der Waals surface area (Å²) in [5, 5.41) is 16.3. The van der Waals surface area contributed by atoms with Crippen molar-refractivity contribution in [2.75, 3.05) is 6.79 Å². The summed E-state index contributed by atoms with van der Waals surface area (Å²) >= 11 is 5.97. The summed E-state index contributed by atoms with van der Waals surface area (Å²) in [4.78, 5) is 29.8. The number of nitrogens with zero attached hydrogens (tertiary/aromatic N) is 5. The lowest BCUT2D eigenvalue weighted by molar-refractivity contribution is -0.142. The number of ether oxygens (including phenoxy) is 2. The Hall–Kier alpha value is -3.66. The summed E-state index contributed by atoms with van der Waals surface area (Å²) in [6, 6.07) is 12.1. The van der Waals surface area contributed by atoms with Gasteiger partial charge >= 0.3 is 0 Å². The van der Waals surface area contributed by atoms with E-state index in [1.165, 1.54) is 4.80 Å². The second-order valence-corrected chi connectivity index (χ2v) is 9.71. The minimum absolute atomic E-state index is 0.142. The molecule has 1 aromatic heterocycles. The zero-order valence-electron chi connectivity index (χ0n) is 20.6. The summed E-state index contributed by atoms with van der Waals surface area (Å²) in [7, 11) is 0. The zero-order chi connectivity index (χ0) is 25.8. The van der Waals surface area contributed by atoms with E-state index in [0.29, 0.717) is 28.8 Å². The van der Waals surface area contributed by atoms with Crippen LogP contribution in [0.5, 0.6) is 11.5 Å². The molecular weight excluding hydrogens is 496 g/mol. The fraction of sp³-hybridized carbons (Fsp3) is 0.423. The van der Waals surface area contributed by atoms with Crippen LogP contribution in [0.25, 0.3) is 11.4 Å². The van der Waals surface area contributed by atoms with Gasteiger partial charge in [0.25, 0.3) is 0 Å². The smallest absolute Gasteiger partial charge is 0.247 e. The first-order valence-corrected chi connectivity index (χ1v) is 12.9. The van der Waals surface area contributed by atoms with E-state index in [0.717, 1.165) is 36.8 Å². The third-order valence-corrected chi connectivity index (χ3v) is 6.96. The van der Waals surface area contributed by atoms with E-state index in [9.17, 15) is 9.59 Å². The number of halogens is 1. The van der Waals surface area contributed by atoms with Crippen LogP contribution in [0.15, 0.2) is 42.5 Å². The molecule has 0 radical (unpaired) electrons. The number of hydrogen-bond donors (Lipinski definition) is 1. The zero-order valence-corrected chi connectivity index (χ0v) is 21.4. The van der Waals surface area contributed by atoms with Gasteiger partial charge in [0.05, 0.1) is 0 Å². The number of hydrogen-bond acceptors (Lipinski definition) is 7. The Bertz CT molecular complexity index is 1260. The molecule has 10 nitrogen and oxygen atoms in total. The van der Waals surface area contributed by atoms with E-state index in [-0.39, 0.29) is 37.7 Å². The highest BCUT2D eigenvalue weighted by Gasteiger charge is 2.31. The van der Waals surface area contributed by atoms with Gasteiger partial charge in [-0.3, -0.25) is 9.59 Å². The van der Waals surface area contributed by atoms with E-state index < -0.39 is 6.04 Å². The van der Waals surface area contributed by atoms with Gasteiger partial charge in [-0.1, -0.05) is 37.4 Å². The number of fused-ring (bicyclic) bond motifs is 1. The second kappa shape index (κ2) is 11.2. The number of carbonyl (C=O) groups excluding carboxylic acids is 2. The average Bonchev–Trinajstić information content (AvgIpc) is 3.66. The molecule has 3 aromatic rings. The van der Waals surface area contributed by atoms with Crippen molar-refractivity contribution >= 4 is 23.4 Å². The molecule has 1 N–H and O–H groups in total. The number of nitrogens with one attached hydrogen (secondary N) is 1. The lowest BCUT2D eigenvalue weighted by atomic mass is 10.1. The lowest BCUT2D eigenvalue weighted by Gasteiger charge is -2.31. The quantitative estimate of drug-likeness (QED) is 0.455. The van der Waals surface area contributed by atoms with Crippen molar-refractivity contribution in [2.24, 2.45) is 0 Å². The maximum absolute atomic E-state index is 13.6. The molecule has 194 valence electrons. The van der Waals surface area contributed by atoms with E-state index in [1.807, 2.05) is 25.1 Å². The molecule has 37 heavy (non-hydrogen) atoms. The number of aromatic nitrogens is 4. The van der Waals surface area contributed by atoms with E-state index in [2.05, 4.69) is 20.7 Å². The Balaban J connectivity index is 1.36. The van der Waals surface area contributed by atoms with E-state index in [1.54, 1.807) is 29.2 Å². The van der Waals surface area contributed by atoms with Gasteiger partial charge in [-0.25, -0.2) is 0 Å². The van der Waals surface area contributed by atoms with Crippen molar-refractivity contribution in [3.63, 3.8) is 0 Å². The maximum atomic E-state index is 13.6. The van der Waals surface area contributed by atoms with Gasteiger partial charge in [0.2, 0.25) is 24.4 Å². The van der Waals surface area contributed by atoms with Crippen molar-refractivity contribution in [1.82, 2.24) is 30.4 Å². The standard InChI is InChI=1S/C26H29ClN6O4/c1-2-21(26(35)28-20-5-3-4-6-20)32(14-17-7-12-22-23(13-17)37-16-36-22)24(34)15-33-30-25(29-31-33)18-8-10-19(27)11-9-18/h7-13,20-21H,2-6,14-16H2,1H3,(H,28,35)/t21-/m1/s1. The van der Waals surface area contributed by atoms with Crippen molar-refractivity contribution in [3.05, 3.63) is 53.1 Å². The lowest BCUT2D eigenvalue weighted by Crippen LogP contribution is -2.51. The fourth-order valence-corrected chi connectivity index (χ4v) is 4.89. The van der Waals surface area contributed by atoms with Crippen LogP contribution in [0.3, 0.4) is 0 Å². The monoisotopic (exact) mass is 524 g/mol. The molecule has 2 aromatic carbocycles. The van der Waals surface area contributed by atoms with Crippen LogP contribution in [-0.4, -0.2) is 55.8 Å². The molecule has 11 heteroatoms. The van der Waals surface area contributed by atoms with Crippen molar-refractivity contribution < 1.29 is 19.1 Å². The molecule has 0 unspecified atom stereocenters. The molecule has 1 saturated carbocycles. The largest absolute Gasteiger partial charge is 0.454 e. The highest BCUT2D eigenvalue weighted by Crippen LogP contribution is 2.33. The summed E-state index contributed by atoms with van der Waals surface area (Å²) in [5.74, 6) is 1.24. The Labute approximate surface area is 219 Å². The minimum atomic E-state index is -0.641. The molecule has 0 saturated heterocycles. The van der Waals surface area contributed by atoms with Crippen LogP contribution < -0.4 is 14.8 Å². The van der Waals surface area contributed by atoms with Crippen LogP contribution in [0.4, 0.5) is 0 Å². The summed E-state index contributed by atoms with van der Waals surface area (Å²) in [5.41, 5.74) is 1.57. The molecule has 0 spiro atoms. The molecule has 1 aliphatic carbocycles. The Morgan fingerprint density at radius 2 is 1.89 bits per heavy atom. The van der Waals surface area contributed by atoms with Crippen LogP contribution >= 0.6 is 11.6 Å². The molecule has 2 aliphatic rings. The predicted molar refractivity (Wildman–Crippen MR) is 136 cm³/mol. The maximum Gasteiger partial charge on any atom is 0.247 e. The minimum Gasteiger partial charge on any atom is -0.454 e. The SMILES string of the molecule is CC[C@H](C(=O)NC1CCCC1)N(Cc1ccc2c(c1)OCO2)C(=O)Cn1nnc(-c2ccc(Cl)cc2)n1. The predicted octanol–water partition coefficient (Wildman–Crippen LogP) is 3.59. The molecule has 0 bridgehead atoms. The molecule has 5 rings (SSSR count). The third kappa shape index (κ3) is 5.85. The normalized spacial score (nSPS) is 15.5. The molecule has 1 atom stereocenters. The van der Waals surface area contributed by atoms with Gasteiger partial charge in [0, 0.05) is 23.2 Å². The van der Waals surface area contributed by atoms with Gasteiger partial charge in [-0.2, -0.15) is 4.80 Å². The molecule has 1 aliphatic heterocycles. The van der Waals surface area contributed by atoms with E-state index >= 15 is 0 Å². The number of rotatable bonds is 9. The van der Waals surface area contributed by atoms with Gasteiger partial charge in [0.1, 0.15) is 12.6 Å². The topological polar surface area (TPSA) is 111 Å². The number of amides is 2. The van der Waals surface area contributed by atoms with Gasteiger partial charge in [0.15, 0.2) is 11.5 Å². The van der Waals surface area contributed by atoms with Crippen LogP contribution in [0.1, 0.15) is 44.6 Å². The molecule has 2 heterocycles. The van der Waals surface area contributed by atoms with E-state index in [4.69, 9.17) is 21.1 Å². The second-order valence-electron chi connectivity index (χ2n) is 9.27. The molecule has 2 amide bonds. The highest BCUT2D eigenvalue weighted by molar-refractivity contribution is 6.30. The first-order chi connectivity index (χ1) is 18.0. The van der Waals surface area contributed by atoms with Crippen molar-refractivity contribution in [1.29, 1.82) is 0 Å². The Kier molecular flexibility index (Phi) is 7.55. The third-order valence-electron chi connectivity index (χ3n) is 6.71. The van der Waals surface area contributed by atoms with Gasteiger partial charge in [-0.05, 0) is 66.4 Å². The molecule has 1 fully saturated rings. The first kappa shape index (κ1) is 25.0. The molecular formula is C26H29ClN6O4. The summed E-state index contributed by atoms with van der Waals surface area (Å²) in [6.45, 7) is 2.14. The average molecular weight is 525 g/mol. The number of tetrazole rings is 1. The van der Waals surface area contributed by atoms with Crippen molar-refractivity contribution in [2.45, 2.75) is 64.2 Å². The summed E-state index contributed by atoms with van der Waals surface area (Å²) in [6.07, 6.45) is 4.62. The van der Waals surface area contributed by atoms with Crippen LogP contribution in [0, 0.1) is 0 Å². The van der Waals surface area contributed by atoms with Gasteiger partial charge in [-0.15, -0.1) is 10.2 Å².